The normalized spacial score (nSPS) is 16.2. The van der Waals surface area contributed by atoms with Gasteiger partial charge in [-0.25, -0.2) is 0 Å². The molecule has 3 nitrogen and oxygen atoms in total. The Morgan fingerprint density at radius 3 is 2.60 bits per heavy atom. The lowest BCUT2D eigenvalue weighted by Gasteiger charge is -2.09. The monoisotopic (exact) mass is 214 g/mol. The van der Waals surface area contributed by atoms with E-state index in [2.05, 4.69) is 24.3 Å². The third-order valence-corrected chi connectivity index (χ3v) is 2.65. The lowest BCUT2D eigenvalue weighted by Crippen LogP contribution is -2.22. The number of rotatable bonds is 10. The van der Waals surface area contributed by atoms with Gasteiger partial charge in [0.15, 0.2) is 0 Å². The van der Waals surface area contributed by atoms with Crippen LogP contribution in [0.5, 0.6) is 0 Å². The molecular weight excluding hydrogens is 188 g/mol. The number of hydrogen-bond acceptors (Lipinski definition) is 3. The van der Waals surface area contributed by atoms with E-state index in [4.69, 9.17) is 4.74 Å². The highest BCUT2D eigenvalue weighted by atomic mass is 16.5. The molecule has 0 aromatic heterocycles. The van der Waals surface area contributed by atoms with Crippen molar-refractivity contribution in [3.63, 3.8) is 0 Å². The molecule has 1 fully saturated rings. The fraction of sp³-hybridized carbons (Fsp3) is 1.00. The second kappa shape index (κ2) is 8.08. The SMILES string of the molecule is CN(C)CCCNCCCOCC1CC1. The maximum Gasteiger partial charge on any atom is 0.0494 e. The summed E-state index contributed by atoms with van der Waals surface area (Å²) in [5.74, 6) is 0.901. The minimum absolute atomic E-state index is 0.901. The first-order valence-electron chi connectivity index (χ1n) is 6.22. The first-order valence-corrected chi connectivity index (χ1v) is 6.22. The Hall–Kier alpha value is -0.120. The van der Waals surface area contributed by atoms with Crippen LogP contribution in [0.25, 0.3) is 0 Å². The topological polar surface area (TPSA) is 24.5 Å². The Labute approximate surface area is 94.2 Å². The lowest BCUT2D eigenvalue weighted by molar-refractivity contribution is 0.122. The molecule has 1 aliphatic carbocycles. The zero-order chi connectivity index (χ0) is 10.9. The molecular formula is C12H26N2O. The Morgan fingerprint density at radius 1 is 1.20 bits per heavy atom. The minimum atomic E-state index is 0.901. The molecule has 0 spiro atoms. The molecule has 1 N–H and O–H groups in total. The Morgan fingerprint density at radius 2 is 1.93 bits per heavy atom. The predicted molar refractivity (Wildman–Crippen MR) is 64.2 cm³/mol. The van der Waals surface area contributed by atoms with E-state index >= 15 is 0 Å². The molecule has 15 heavy (non-hydrogen) atoms. The lowest BCUT2D eigenvalue weighted by atomic mass is 10.4. The summed E-state index contributed by atoms with van der Waals surface area (Å²) in [6.45, 7) is 5.32. The van der Waals surface area contributed by atoms with Gasteiger partial charge in [0.25, 0.3) is 0 Å². The molecule has 0 bridgehead atoms. The molecule has 0 aromatic rings. The van der Waals surface area contributed by atoms with Gasteiger partial charge in [-0.1, -0.05) is 0 Å². The Bertz CT molecular complexity index is 139. The van der Waals surface area contributed by atoms with Gasteiger partial charge in [-0.3, -0.25) is 0 Å². The van der Waals surface area contributed by atoms with Crippen LogP contribution in [0.15, 0.2) is 0 Å². The van der Waals surface area contributed by atoms with E-state index in [1.807, 2.05) is 0 Å². The summed E-state index contributed by atoms with van der Waals surface area (Å²) >= 11 is 0. The molecule has 0 unspecified atom stereocenters. The zero-order valence-corrected chi connectivity index (χ0v) is 10.3. The van der Waals surface area contributed by atoms with Crippen LogP contribution in [-0.4, -0.2) is 51.8 Å². The van der Waals surface area contributed by atoms with E-state index in [1.54, 1.807) is 0 Å². The number of nitrogens with zero attached hydrogens (tertiary/aromatic N) is 1. The van der Waals surface area contributed by atoms with Crippen LogP contribution in [0.3, 0.4) is 0 Å². The summed E-state index contributed by atoms with van der Waals surface area (Å²) in [6, 6.07) is 0. The van der Waals surface area contributed by atoms with Crippen molar-refractivity contribution in [1.29, 1.82) is 0 Å². The molecule has 3 heteroatoms. The molecule has 0 saturated heterocycles. The molecule has 0 aliphatic heterocycles. The van der Waals surface area contributed by atoms with E-state index in [0.717, 1.165) is 38.6 Å². The first kappa shape index (κ1) is 12.9. The first-order chi connectivity index (χ1) is 7.29. The highest BCUT2D eigenvalue weighted by Crippen LogP contribution is 2.28. The van der Waals surface area contributed by atoms with Gasteiger partial charge >= 0.3 is 0 Å². The highest BCUT2D eigenvalue weighted by Gasteiger charge is 2.20. The van der Waals surface area contributed by atoms with Gasteiger partial charge in [0, 0.05) is 13.2 Å². The van der Waals surface area contributed by atoms with E-state index in [-0.39, 0.29) is 0 Å². The number of nitrogens with one attached hydrogen (secondary N) is 1. The van der Waals surface area contributed by atoms with E-state index < -0.39 is 0 Å². The fourth-order valence-corrected chi connectivity index (χ4v) is 1.48. The maximum atomic E-state index is 5.55. The van der Waals surface area contributed by atoms with Crippen molar-refractivity contribution < 1.29 is 4.74 Å². The van der Waals surface area contributed by atoms with Crippen molar-refractivity contribution in [1.82, 2.24) is 10.2 Å². The van der Waals surface area contributed by atoms with Gasteiger partial charge in [0.2, 0.25) is 0 Å². The molecule has 1 rings (SSSR count). The minimum Gasteiger partial charge on any atom is -0.381 e. The molecule has 0 aromatic carbocycles. The summed E-state index contributed by atoms with van der Waals surface area (Å²) in [7, 11) is 4.23. The number of hydrogen-bond donors (Lipinski definition) is 1. The van der Waals surface area contributed by atoms with Crippen molar-refractivity contribution in [2.24, 2.45) is 5.92 Å². The van der Waals surface area contributed by atoms with Crippen LogP contribution in [-0.2, 0) is 4.74 Å². The van der Waals surface area contributed by atoms with Crippen LogP contribution >= 0.6 is 0 Å². The number of ether oxygens (including phenoxy) is 1. The quantitative estimate of drug-likeness (QED) is 0.556. The van der Waals surface area contributed by atoms with Crippen LogP contribution < -0.4 is 5.32 Å². The van der Waals surface area contributed by atoms with Gasteiger partial charge in [0.05, 0.1) is 0 Å². The molecule has 1 saturated carbocycles. The van der Waals surface area contributed by atoms with E-state index in [1.165, 1.54) is 25.8 Å². The van der Waals surface area contributed by atoms with Crippen LogP contribution in [0.2, 0.25) is 0 Å². The summed E-state index contributed by atoms with van der Waals surface area (Å²) < 4.78 is 5.55. The van der Waals surface area contributed by atoms with Crippen LogP contribution in [0.1, 0.15) is 25.7 Å². The van der Waals surface area contributed by atoms with Gasteiger partial charge in [0.1, 0.15) is 0 Å². The third-order valence-electron chi connectivity index (χ3n) is 2.65. The average molecular weight is 214 g/mol. The second-order valence-corrected chi connectivity index (χ2v) is 4.78. The van der Waals surface area contributed by atoms with Crippen molar-refractivity contribution in [3.8, 4) is 0 Å². The molecule has 0 heterocycles. The molecule has 1 aliphatic rings. The van der Waals surface area contributed by atoms with Gasteiger partial charge in [-0.2, -0.15) is 0 Å². The van der Waals surface area contributed by atoms with Gasteiger partial charge in [-0.05, 0) is 65.3 Å². The van der Waals surface area contributed by atoms with Gasteiger partial charge in [-0.15, -0.1) is 0 Å². The largest absolute Gasteiger partial charge is 0.381 e. The highest BCUT2D eigenvalue weighted by molar-refractivity contribution is 4.71. The predicted octanol–water partition coefficient (Wildman–Crippen LogP) is 1.34. The second-order valence-electron chi connectivity index (χ2n) is 4.78. The summed E-state index contributed by atoms with van der Waals surface area (Å²) in [6.07, 6.45) is 5.16. The molecule has 0 radical (unpaired) electrons. The Kier molecular flexibility index (Phi) is 6.98. The standard InChI is InChI=1S/C12H26N2O/c1-14(2)9-3-7-13-8-4-10-15-11-12-5-6-12/h12-13H,3-11H2,1-2H3. The maximum absolute atomic E-state index is 5.55. The third kappa shape index (κ3) is 8.85. The van der Waals surface area contributed by atoms with E-state index in [0.29, 0.717) is 0 Å². The van der Waals surface area contributed by atoms with E-state index in [9.17, 15) is 0 Å². The van der Waals surface area contributed by atoms with Crippen LogP contribution in [0.4, 0.5) is 0 Å². The summed E-state index contributed by atoms with van der Waals surface area (Å²) in [4.78, 5) is 2.22. The van der Waals surface area contributed by atoms with Crippen molar-refractivity contribution in [3.05, 3.63) is 0 Å². The Balaban J connectivity index is 1.65. The summed E-state index contributed by atoms with van der Waals surface area (Å²) in [5.41, 5.74) is 0. The molecule has 0 atom stereocenters. The van der Waals surface area contributed by atoms with Crippen molar-refractivity contribution in [2.45, 2.75) is 25.7 Å². The molecule has 90 valence electrons. The van der Waals surface area contributed by atoms with Crippen LogP contribution in [0, 0.1) is 5.92 Å². The fourth-order valence-electron chi connectivity index (χ4n) is 1.48. The van der Waals surface area contributed by atoms with Crippen molar-refractivity contribution >= 4 is 0 Å². The average Bonchev–Trinajstić information content (AvgIpc) is 2.98. The molecule has 0 amide bonds. The van der Waals surface area contributed by atoms with Crippen molar-refractivity contribution in [2.75, 3.05) is 46.9 Å². The zero-order valence-electron chi connectivity index (χ0n) is 10.3. The smallest absolute Gasteiger partial charge is 0.0494 e. The summed E-state index contributed by atoms with van der Waals surface area (Å²) in [5, 5.41) is 3.44. The van der Waals surface area contributed by atoms with Gasteiger partial charge < -0.3 is 15.0 Å².